The zero-order valence-corrected chi connectivity index (χ0v) is 21.3. The van der Waals surface area contributed by atoms with Crippen molar-refractivity contribution in [2.75, 3.05) is 19.6 Å². The number of fused-ring (bicyclic) bond motifs is 3. The fraction of sp³-hybridized carbons (Fsp3) is 0.520. The number of likely N-dealkylation sites (tertiary alicyclic amines) is 2. The Morgan fingerprint density at radius 2 is 1.69 bits per heavy atom. The minimum atomic E-state index is -0.448. The van der Waals surface area contributed by atoms with Crippen molar-refractivity contribution in [1.82, 2.24) is 9.80 Å². The summed E-state index contributed by atoms with van der Waals surface area (Å²) in [7, 11) is 0. The summed E-state index contributed by atoms with van der Waals surface area (Å²) in [6, 6.07) is 14.8. The van der Waals surface area contributed by atoms with Crippen LogP contribution in [0.2, 0.25) is 0 Å². The van der Waals surface area contributed by atoms with Gasteiger partial charge in [-0.25, -0.2) is 4.79 Å². The lowest BCUT2D eigenvalue weighted by molar-refractivity contribution is 0.0128. The topological polar surface area (TPSA) is 49.9 Å². The van der Waals surface area contributed by atoms with E-state index in [0.717, 1.165) is 49.8 Å². The van der Waals surface area contributed by atoms with E-state index in [1.165, 1.54) is 5.39 Å². The van der Waals surface area contributed by atoms with Crippen LogP contribution in [-0.4, -0.2) is 59.0 Å². The average molecular weight is 477 g/mol. The number of hydrogen-bond donors (Lipinski definition) is 0. The first-order valence-electron chi connectivity index (χ1n) is 11.1. The summed E-state index contributed by atoms with van der Waals surface area (Å²) in [6.07, 6.45) is 3.35. The molecule has 2 heterocycles. The van der Waals surface area contributed by atoms with Gasteiger partial charge >= 0.3 is 6.09 Å². The van der Waals surface area contributed by atoms with Crippen LogP contribution in [-0.2, 0) is 4.74 Å². The molecule has 4 rings (SSSR count). The fourth-order valence-corrected chi connectivity index (χ4v) is 4.67. The lowest BCUT2D eigenvalue weighted by Gasteiger charge is -2.35. The number of nitrogens with zero attached hydrogens (tertiary/aromatic N) is 2. The average Bonchev–Trinajstić information content (AvgIpc) is 3.30. The van der Waals surface area contributed by atoms with Crippen molar-refractivity contribution in [2.45, 2.75) is 64.1 Å². The maximum absolute atomic E-state index is 12.6. The van der Waals surface area contributed by atoms with Gasteiger partial charge in [0, 0.05) is 37.2 Å². The van der Waals surface area contributed by atoms with Crippen LogP contribution in [0.1, 0.15) is 56.8 Å². The van der Waals surface area contributed by atoms with Crippen LogP contribution in [0.15, 0.2) is 42.5 Å². The molecule has 2 aliphatic heterocycles. The molecule has 0 N–H and O–H groups in total. The predicted molar refractivity (Wildman–Crippen MR) is 140 cm³/mol. The molecule has 2 aromatic carbocycles. The van der Waals surface area contributed by atoms with Crippen LogP contribution >= 0.6 is 27.0 Å². The molecule has 32 heavy (non-hydrogen) atoms. The van der Waals surface area contributed by atoms with Gasteiger partial charge in [0.2, 0.25) is 0 Å². The molecule has 5 nitrogen and oxygen atoms in total. The van der Waals surface area contributed by atoms with Gasteiger partial charge in [-0.05, 0) is 63.4 Å². The molecule has 2 atom stereocenters. The molecule has 0 spiro atoms. The summed E-state index contributed by atoms with van der Waals surface area (Å²) < 4.78 is 5.53. The SMILES string of the molecule is CC(C)(C)OC(=O)N1CC2CC1CN2CCCCC(=O)c1ccc2ccccc2c1.S.S. The lowest BCUT2D eigenvalue weighted by Crippen LogP contribution is -2.50. The van der Waals surface area contributed by atoms with E-state index in [1.54, 1.807) is 0 Å². The van der Waals surface area contributed by atoms with E-state index in [1.807, 2.05) is 56.0 Å². The van der Waals surface area contributed by atoms with Crippen molar-refractivity contribution >= 4 is 49.6 Å². The van der Waals surface area contributed by atoms with Gasteiger partial charge in [-0.2, -0.15) is 27.0 Å². The number of carbonyl (C=O) groups excluding carboxylic acids is 2. The molecule has 0 radical (unpaired) electrons. The van der Waals surface area contributed by atoms with E-state index in [0.29, 0.717) is 12.5 Å². The van der Waals surface area contributed by atoms with Gasteiger partial charge in [-0.1, -0.05) is 36.4 Å². The van der Waals surface area contributed by atoms with Crippen molar-refractivity contribution in [1.29, 1.82) is 0 Å². The number of rotatable bonds is 6. The molecule has 1 amide bonds. The molecule has 0 aromatic heterocycles. The summed E-state index contributed by atoms with van der Waals surface area (Å²) in [4.78, 5) is 29.3. The molecule has 2 aromatic rings. The maximum Gasteiger partial charge on any atom is 0.410 e. The van der Waals surface area contributed by atoms with Gasteiger partial charge in [-0.3, -0.25) is 9.69 Å². The van der Waals surface area contributed by atoms with E-state index < -0.39 is 5.60 Å². The van der Waals surface area contributed by atoms with Gasteiger partial charge in [0.25, 0.3) is 0 Å². The highest BCUT2D eigenvalue weighted by Crippen LogP contribution is 2.32. The Labute approximate surface area is 205 Å². The number of amides is 1. The van der Waals surface area contributed by atoms with Crippen LogP contribution < -0.4 is 0 Å². The highest BCUT2D eigenvalue weighted by Gasteiger charge is 2.46. The van der Waals surface area contributed by atoms with Gasteiger partial charge in [0.05, 0.1) is 0 Å². The summed E-state index contributed by atoms with van der Waals surface area (Å²) in [6.45, 7) is 8.40. The highest BCUT2D eigenvalue weighted by atomic mass is 32.1. The van der Waals surface area contributed by atoms with Gasteiger partial charge in [-0.15, -0.1) is 0 Å². The van der Waals surface area contributed by atoms with E-state index in [-0.39, 0.29) is 44.9 Å². The number of hydrogen-bond acceptors (Lipinski definition) is 4. The minimum absolute atomic E-state index is 0. The highest BCUT2D eigenvalue weighted by molar-refractivity contribution is 7.59. The third-order valence-corrected chi connectivity index (χ3v) is 6.15. The molecular formula is C25H36N2O3S2. The Kier molecular flexibility index (Phi) is 9.08. The largest absolute Gasteiger partial charge is 0.444 e. The van der Waals surface area contributed by atoms with E-state index in [2.05, 4.69) is 17.0 Å². The van der Waals surface area contributed by atoms with Crippen LogP contribution in [0.25, 0.3) is 10.8 Å². The molecule has 176 valence electrons. The summed E-state index contributed by atoms with van der Waals surface area (Å²) in [5.41, 5.74) is 0.359. The van der Waals surface area contributed by atoms with Crippen molar-refractivity contribution in [3.05, 3.63) is 48.0 Å². The number of ketones is 1. The third kappa shape index (κ3) is 6.21. The Bertz CT molecular complexity index is 944. The number of unbranched alkanes of at least 4 members (excludes halogenated alkanes) is 1. The van der Waals surface area contributed by atoms with Gasteiger partial charge < -0.3 is 9.64 Å². The maximum atomic E-state index is 12.6. The minimum Gasteiger partial charge on any atom is -0.444 e. The molecule has 2 saturated heterocycles. The number of carbonyl (C=O) groups is 2. The first-order chi connectivity index (χ1) is 14.3. The Balaban J connectivity index is 0.00000181. The van der Waals surface area contributed by atoms with Crippen molar-refractivity contribution in [3.63, 3.8) is 0 Å². The molecule has 2 fully saturated rings. The second kappa shape index (κ2) is 10.9. The molecule has 2 unspecified atom stereocenters. The molecule has 0 saturated carbocycles. The predicted octanol–water partition coefficient (Wildman–Crippen LogP) is 5.11. The van der Waals surface area contributed by atoms with Crippen LogP contribution in [0.3, 0.4) is 0 Å². The first kappa shape index (κ1) is 26.6. The monoisotopic (exact) mass is 476 g/mol. The van der Waals surface area contributed by atoms with Gasteiger partial charge in [0.15, 0.2) is 5.78 Å². The fourth-order valence-electron chi connectivity index (χ4n) is 4.67. The summed E-state index contributed by atoms with van der Waals surface area (Å²) in [5, 5.41) is 2.28. The zero-order valence-electron chi connectivity index (χ0n) is 19.3. The van der Waals surface area contributed by atoms with E-state index >= 15 is 0 Å². The van der Waals surface area contributed by atoms with Crippen molar-refractivity contribution < 1.29 is 14.3 Å². The third-order valence-electron chi connectivity index (χ3n) is 6.15. The second-order valence-electron chi connectivity index (χ2n) is 9.61. The Morgan fingerprint density at radius 1 is 0.969 bits per heavy atom. The summed E-state index contributed by atoms with van der Waals surface area (Å²) >= 11 is 0. The van der Waals surface area contributed by atoms with Crippen molar-refractivity contribution in [3.8, 4) is 0 Å². The number of ether oxygens (including phenoxy) is 1. The second-order valence-corrected chi connectivity index (χ2v) is 9.61. The molecule has 2 aliphatic rings. The molecule has 7 heteroatoms. The molecule has 2 bridgehead atoms. The molecule has 0 aliphatic carbocycles. The molecular weight excluding hydrogens is 440 g/mol. The lowest BCUT2D eigenvalue weighted by atomic mass is 10.0. The first-order valence-corrected chi connectivity index (χ1v) is 11.1. The van der Waals surface area contributed by atoms with Crippen LogP contribution in [0.4, 0.5) is 4.79 Å². The zero-order chi connectivity index (χ0) is 21.3. The standard InChI is InChI=1S/C25H32N2O3.2H2S/c1-25(2,3)30-24(29)27-17-21-15-22(27)16-26(21)13-7-6-10-23(28)20-12-11-18-8-4-5-9-19(18)14-20;;/h4-5,8-9,11-12,14,21-22H,6-7,10,13,15-17H2,1-3H3;2*1H2. The normalized spacial score (nSPS) is 20.0. The van der Waals surface area contributed by atoms with Crippen LogP contribution in [0, 0.1) is 0 Å². The van der Waals surface area contributed by atoms with E-state index in [4.69, 9.17) is 4.74 Å². The number of benzene rings is 2. The smallest absolute Gasteiger partial charge is 0.410 e. The van der Waals surface area contributed by atoms with Crippen molar-refractivity contribution in [2.24, 2.45) is 0 Å². The van der Waals surface area contributed by atoms with Gasteiger partial charge in [0.1, 0.15) is 5.60 Å². The summed E-state index contributed by atoms with van der Waals surface area (Å²) in [5.74, 6) is 0.222. The quantitative estimate of drug-likeness (QED) is 0.429. The number of piperazine rings is 1. The van der Waals surface area contributed by atoms with E-state index in [9.17, 15) is 9.59 Å². The Hall–Kier alpha value is -1.70. The number of Topliss-reactive ketones (excluding diaryl/α,β-unsaturated/α-hetero) is 1. The van der Waals surface area contributed by atoms with Crippen LogP contribution in [0.5, 0.6) is 0 Å². The Morgan fingerprint density at radius 3 is 2.34 bits per heavy atom.